The number of sulfonamides is 1. The Morgan fingerprint density at radius 3 is 2.62 bits per heavy atom. The first-order valence-corrected chi connectivity index (χ1v) is 8.10. The van der Waals surface area contributed by atoms with Gasteiger partial charge in [0, 0.05) is 6.42 Å². The number of hydrogen-bond acceptors (Lipinski definition) is 4. The molecule has 2 rings (SSSR count). The summed E-state index contributed by atoms with van der Waals surface area (Å²) < 4.78 is 32.4. The molecular weight excluding hydrogens is 294 g/mol. The number of ether oxygens (including phenoxy) is 1. The lowest BCUT2D eigenvalue weighted by Crippen LogP contribution is -2.48. The molecule has 1 aliphatic heterocycles. The molecule has 116 valence electrons. The van der Waals surface area contributed by atoms with Crippen molar-refractivity contribution in [1.29, 1.82) is 0 Å². The number of fused-ring (bicyclic) bond motifs is 1. The van der Waals surface area contributed by atoms with Crippen molar-refractivity contribution >= 4 is 16.0 Å². The lowest BCUT2D eigenvalue weighted by Gasteiger charge is -2.27. The Bertz CT molecular complexity index is 660. The average molecular weight is 313 g/mol. The van der Waals surface area contributed by atoms with Crippen LogP contribution in [0.1, 0.15) is 26.3 Å². The molecule has 0 aliphatic carbocycles. The van der Waals surface area contributed by atoms with Gasteiger partial charge in [-0.2, -0.15) is 4.72 Å². The summed E-state index contributed by atoms with van der Waals surface area (Å²) in [6, 6.07) is 3.36. The van der Waals surface area contributed by atoms with Crippen LogP contribution in [0.2, 0.25) is 0 Å². The first kappa shape index (κ1) is 15.8. The number of rotatable bonds is 4. The normalized spacial score (nSPS) is 16.1. The van der Waals surface area contributed by atoms with Gasteiger partial charge in [-0.05, 0) is 29.2 Å². The maximum atomic E-state index is 12.4. The van der Waals surface area contributed by atoms with E-state index in [1.165, 1.54) is 12.1 Å². The van der Waals surface area contributed by atoms with Gasteiger partial charge >= 0.3 is 5.97 Å². The fraction of sp³-hybridized carbons (Fsp3) is 0.500. The molecule has 0 aromatic heterocycles. The molecule has 0 fully saturated rings. The molecule has 1 heterocycles. The standard InChI is InChI=1S/C14H19NO5S/c1-14(2,3)12(13(16)17)15-21(18,19)10-4-5-11-9(8-10)6-7-20-11/h4-5,8,12,15H,6-7H2,1-3H3,(H,16,17). The minimum atomic E-state index is -3.90. The SMILES string of the molecule is CC(C)(C)C(NS(=O)(=O)c1ccc2c(c1)CCO2)C(=O)O. The van der Waals surface area contributed by atoms with Gasteiger partial charge in [0.1, 0.15) is 11.8 Å². The van der Waals surface area contributed by atoms with Crippen LogP contribution in [0.25, 0.3) is 0 Å². The molecule has 0 amide bonds. The minimum Gasteiger partial charge on any atom is -0.493 e. The monoisotopic (exact) mass is 313 g/mol. The second kappa shape index (κ2) is 5.31. The van der Waals surface area contributed by atoms with Gasteiger partial charge in [0.2, 0.25) is 10.0 Å². The quantitative estimate of drug-likeness (QED) is 0.876. The van der Waals surface area contributed by atoms with Gasteiger partial charge in [-0.3, -0.25) is 4.79 Å². The Balaban J connectivity index is 2.32. The summed E-state index contributed by atoms with van der Waals surface area (Å²) in [5.41, 5.74) is 0.0826. The highest BCUT2D eigenvalue weighted by molar-refractivity contribution is 7.89. The molecule has 2 N–H and O–H groups in total. The minimum absolute atomic E-state index is 0.0576. The number of carboxylic acid groups (broad SMARTS) is 1. The Hall–Kier alpha value is -1.60. The van der Waals surface area contributed by atoms with Gasteiger partial charge in [-0.15, -0.1) is 0 Å². The van der Waals surface area contributed by atoms with E-state index in [1.807, 2.05) is 0 Å². The molecule has 21 heavy (non-hydrogen) atoms. The molecule has 6 nitrogen and oxygen atoms in total. The van der Waals surface area contributed by atoms with E-state index >= 15 is 0 Å². The number of nitrogens with one attached hydrogen (secondary N) is 1. The summed E-state index contributed by atoms with van der Waals surface area (Å²) in [5.74, 6) is -0.518. The first-order valence-electron chi connectivity index (χ1n) is 6.62. The molecule has 1 atom stereocenters. The largest absolute Gasteiger partial charge is 0.493 e. The number of aliphatic carboxylic acids is 1. The lowest BCUT2D eigenvalue weighted by atomic mass is 9.88. The lowest BCUT2D eigenvalue weighted by molar-refractivity contribution is -0.141. The van der Waals surface area contributed by atoms with Gasteiger partial charge in [-0.1, -0.05) is 20.8 Å². The van der Waals surface area contributed by atoms with E-state index in [-0.39, 0.29) is 4.90 Å². The molecule has 0 saturated carbocycles. The van der Waals surface area contributed by atoms with Crippen LogP contribution >= 0.6 is 0 Å². The number of hydrogen-bond donors (Lipinski definition) is 2. The maximum Gasteiger partial charge on any atom is 0.322 e. The van der Waals surface area contributed by atoms with Gasteiger partial charge in [-0.25, -0.2) is 8.42 Å². The van der Waals surface area contributed by atoms with Crippen molar-refractivity contribution in [2.75, 3.05) is 6.61 Å². The zero-order valence-electron chi connectivity index (χ0n) is 12.2. The number of benzene rings is 1. The molecular formula is C14H19NO5S. The van der Waals surface area contributed by atoms with Crippen LogP contribution in [-0.4, -0.2) is 32.1 Å². The zero-order valence-corrected chi connectivity index (χ0v) is 13.0. The van der Waals surface area contributed by atoms with E-state index < -0.39 is 27.4 Å². The Labute approximate surface area is 124 Å². The molecule has 7 heteroatoms. The van der Waals surface area contributed by atoms with E-state index in [1.54, 1.807) is 26.8 Å². The first-order chi connectivity index (χ1) is 9.61. The molecule has 0 spiro atoms. The van der Waals surface area contributed by atoms with E-state index in [9.17, 15) is 18.3 Å². The van der Waals surface area contributed by atoms with Crippen molar-refractivity contribution in [2.24, 2.45) is 5.41 Å². The van der Waals surface area contributed by atoms with Crippen molar-refractivity contribution in [3.63, 3.8) is 0 Å². The summed E-state index contributed by atoms with van der Waals surface area (Å²) in [6.45, 7) is 5.55. The number of carboxylic acids is 1. The number of carbonyl (C=O) groups is 1. The molecule has 0 radical (unpaired) electrons. The van der Waals surface area contributed by atoms with E-state index in [2.05, 4.69) is 4.72 Å². The highest BCUT2D eigenvalue weighted by Crippen LogP contribution is 2.28. The highest BCUT2D eigenvalue weighted by atomic mass is 32.2. The van der Waals surface area contributed by atoms with Crippen molar-refractivity contribution in [3.05, 3.63) is 23.8 Å². The molecule has 0 bridgehead atoms. The van der Waals surface area contributed by atoms with Crippen LogP contribution in [0.5, 0.6) is 5.75 Å². The summed E-state index contributed by atoms with van der Waals surface area (Å²) in [5, 5.41) is 9.23. The molecule has 1 unspecified atom stereocenters. The van der Waals surface area contributed by atoms with E-state index in [0.717, 1.165) is 5.56 Å². The van der Waals surface area contributed by atoms with Crippen LogP contribution in [0.15, 0.2) is 23.1 Å². The van der Waals surface area contributed by atoms with E-state index in [4.69, 9.17) is 4.74 Å². The van der Waals surface area contributed by atoms with Crippen LogP contribution in [-0.2, 0) is 21.2 Å². The van der Waals surface area contributed by atoms with Crippen LogP contribution in [0.3, 0.4) is 0 Å². The average Bonchev–Trinajstić information content (AvgIpc) is 2.81. The van der Waals surface area contributed by atoms with Gasteiger partial charge in [0.25, 0.3) is 0 Å². The second-order valence-corrected chi connectivity index (χ2v) is 7.84. The predicted molar refractivity (Wildman–Crippen MR) is 76.8 cm³/mol. The van der Waals surface area contributed by atoms with Gasteiger partial charge < -0.3 is 9.84 Å². The molecule has 1 aliphatic rings. The van der Waals surface area contributed by atoms with Crippen molar-refractivity contribution < 1.29 is 23.1 Å². The smallest absolute Gasteiger partial charge is 0.322 e. The maximum absolute atomic E-state index is 12.4. The predicted octanol–water partition coefficient (Wildman–Crippen LogP) is 1.40. The summed E-state index contributed by atoms with van der Waals surface area (Å²) in [7, 11) is -3.90. The third-order valence-electron chi connectivity index (χ3n) is 3.36. The summed E-state index contributed by atoms with van der Waals surface area (Å²) >= 11 is 0. The molecule has 1 aromatic carbocycles. The van der Waals surface area contributed by atoms with Gasteiger partial charge in [0.05, 0.1) is 11.5 Å². The van der Waals surface area contributed by atoms with Crippen LogP contribution < -0.4 is 9.46 Å². The Morgan fingerprint density at radius 1 is 1.38 bits per heavy atom. The topological polar surface area (TPSA) is 92.7 Å². The fourth-order valence-corrected chi connectivity index (χ4v) is 3.60. The summed E-state index contributed by atoms with van der Waals surface area (Å²) in [6.07, 6.45) is 0.653. The Morgan fingerprint density at radius 2 is 2.05 bits per heavy atom. The Kier molecular flexibility index (Phi) is 3.99. The molecule has 1 aromatic rings. The van der Waals surface area contributed by atoms with Crippen molar-refractivity contribution in [3.8, 4) is 5.75 Å². The van der Waals surface area contributed by atoms with Crippen LogP contribution in [0.4, 0.5) is 0 Å². The van der Waals surface area contributed by atoms with Gasteiger partial charge in [0.15, 0.2) is 0 Å². The summed E-state index contributed by atoms with van der Waals surface area (Å²) in [4.78, 5) is 11.4. The van der Waals surface area contributed by atoms with Crippen molar-refractivity contribution in [1.82, 2.24) is 4.72 Å². The van der Waals surface area contributed by atoms with Crippen molar-refractivity contribution in [2.45, 2.75) is 38.1 Å². The highest BCUT2D eigenvalue weighted by Gasteiger charge is 2.35. The van der Waals surface area contributed by atoms with Crippen LogP contribution in [0, 0.1) is 5.41 Å². The zero-order chi connectivity index (χ0) is 15.8. The second-order valence-electron chi connectivity index (χ2n) is 6.13. The third-order valence-corrected chi connectivity index (χ3v) is 4.78. The molecule has 0 saturated heterocycles. The van der Waals surface area contributed by atoms with E-state index in [0.29, 0.717) is 18.8 Å². The fourth-order valence-electron chi connectivity index (χ4n) is 2.15. The third kappa shape index (κ3) is 3.36.